The van der Waals surface area contributed by atoms with Crippen LogP contribution in [0.1, 0.15) is 114 Å². The van der Waals surface area contributed by atoms with Crippen LogP contribution >= 0.6 is 0 Å². The maximum absolute atomic E-state index is 12.3. The lowest BCUT2D eigenvalue weighted by Crippen LogP contribution is -2.37. The first kappa shape index (κ1) is 29.5. The molecule has 0 saturated heterocycles. The maximum Gasteiger partial charge on any atom is 0.259 e. The zero-order chi connectivity index (χ0) is 23.8. The van der Waals surface area contributed by atoms with E-state index in [2.05, 4.69) is 19.2 Å². The van der Waals surface area contributed by atoms with Crippen molar-refractivity contribution in [3.63, 3.8) is 0 Å². The summed E-state index contributed by atoms with van der Waals surface area (Å²) < 4.78 is 18.5. The molecular formula is C27H49N2O4+. The van der Waals surface area contributed by atoms with Crippen LogP contribution in [0.2, 0.25) is 0 Å². The van der Waals surface area contributed by atoms with Crippen molar-refractivity contribution in [3.8, 4) is 0 Å². The van der Waals surface area contributed by atoms with Crippen LogP contribution < -0.4 is 9.88 Å². The van der Waals surface area contributed by atoms with Crippen molar-refractivity contribution in [2.45, 2.75) is 110 Å². The summed E-state index contributed by atoms with van der Waals surface area (Å²) in [5.41, 5.74) is 0.588. The summed E-state index contributed by atoms with van der Waals surface area (Å²) in [4.78, 5) is 12.3. The van der Waals surface area contributed by atoms with Gasteiger partial charge in [0.25, 0.3) is 12.6 Å². The smallest absolute Gasteiger partial charge is 0.259 e. The number of hydrogen-bond acceptors (Lipinski definition) is 4. The Kier molecular flexibility index (Phi) is 20.0. The number of pyridine rings is 1. The van der Waals surface area contributed by atoms with Crippen LogP contribution in [0.15, 0.2) is 24.5 Å². The molecule has 33 heavy (non-hydrogen) atoms. The molecule has 0 saturated carbocycles. The van der Waals surface area contributed by atoms with Crippen LogP contribution in [0.25, 0.3) is 0 Å². The van der Waals surface area contributed by atoms with E-state index in [4.69, 9.17) is 14.2 Å². The minimum atomic E-state index is -0.163. The molecule has 0 bridgehead atoms. The molecule has 6 heteroatoms. The van der Waals surface area contributed by atoms with Crippen molar-refractivity contribution < 1.29 is 23.6 Å². The van der Waals surface area contributed by atoms with E-state index in [1.54, 1.807) is 12.3 Å². The largest absolute Gasteiger partial charge is 0.355 e. The molecule has 0 fully saturated rings. The fraction of sp³-hybridized carbons (Fsp3) is 0.778. The molecule has 0 spiro atoms. The van der Waals surface area contributed by atoms with Gasteiger partial charge in [0.2, 0.25) is 0 Å². The molecule has 1 N–H and O–H groups in total. The molecule has 0 atom stereocenters. The average Bonchev–Trinajstić information content (AvgIpc) is 2.83. The summed E-state index contributed by atoms with van der Waals surface area (Å²) >= 11 is 0. The maximum atomic E-state index is 12.3. The van der Waals surface area contributed by atoms with E-state index < -0.39 is 0 Å². The molecule has 0 aliphatic rings. The van der Waals surface area contributed by atoms with Crippen LogP contribution in [0, 0.1) is 0 Å². The van der Waals surface area contributed by atoms with Crippen molar-refractivity contribution in [3.05, 3.63) is 30.1 Å². The van der Waals surface area contributed by atoms with Gasteiger partial charge in [0.05, 0.1) is 6.61 Å². The van der Waals surface area contributed by atoms with E-state index in [9.17, 15) is 4.79 Å². The van der Waals surface area contributed by atoms with Crippen molar-refractivity contribution in [1.29, 1.82) is 0 Å². The van der Waals surface area contributed by atoms with Gasteiger partial charge in [-0.3, -0.25) is 4.79 Å². The molecule has 0 aliphatic heterocycles. The summed E-state index contributed by atoms with van der Waals surface area (Å²) in [7, 11) is 0. The number of rotatable bonds is 23. The molecule has 6 nitrogen and oxygen atoms in total. The second-order valence-corrected chi connectivity index (χ2v) is 8.77. The summed E-state index contributed by atoms with van der Waals surface area (Å²) in [6.45, 7) is 6.74. The summed E-state index contributed by atoms with van der Waals surface area (Å²) in [5.74, 6) is -0.163. The second-order valence-electron chi connectivity index (χ2n) is 8.77. The van der Waals surface area contributed by atoms with Gasteiger partial charge in [-0.15, -0.1) is 0 Å². The zero-order valence-corrected chi connectivity index (χ0v) is 21.3. The first-order valence-electron chi connectivity index (χ1n) is 13.3. The van der Waals surface area contributed by atoms with Crippen molar-refractivity contribution in [1.82, 2.24) is 5.32 Å². The van der Waals surface area contributed by atoms with Gasteiger partial charge in [-0.2, -0.15) is 4.57 Å². The molecule has 1 aromatic rings. The fourth-order valence-electron chi connectivity index (χ4n) is 3.61. The molecule has 0 aromatic carbocycles. The number of carbonyl (C=O) groups excluding carboxylic acids is 1. The number of ether oxygens (including phenoxy) is 3. The molecular weight excluding hydrogens is 416 g/mol. The third kappa shape index (κ3) is 17.6. The van der Waals surface area contributed by atoms with E-state index in [1.807, 2.05) is 16.8 Å². The number of carbonyl (C=O) groups is 1. The number of unbranched alkanes of at least 4 members (excludes halogenated alkanes) is 12. The summed E-state index contributed by atoms with van der Waals surface area (Å²) in [6, 6.07) is 3.65. The van der Waals surface area contributed by atoms with Crippen molar-refractivity contribution in [2.24, 2.45) is 0 Å². The molecule has 1 aromatic heterocycles. The topological polar surface area (TPSA) is 60.7 Å². The lowest BCUT2D eigenvalue weighted by atomic mass is 10.1. The van der Waals surface area contributed by atoms with E-state index >= 15 is 0 Å². The first-order chi connectivity index (χ1) is 16.3. The Labute approximate surface area is 202 Å². The second kappa shape index (κ2) is 22.3. The van der Waals surface area contributed by atoms with E-state index in [1.165, 1.54) is 77.0 Å². The Bertz CT molecular complexity index is 583. The average molecular weight is 466 g/mol. The minimum Gasteiger partial charge on any atom is -0.355 e. The predicted molar refractivity (Wildman–Crippen MR) is 133 cm³/mol. The lowest BCUT2D eigenvalue weighted by molar-refractivity contribution is -0.732. The highest BCUT2D eigenvalue weighted by atomic mass is 16.7. The number of nitrogens with one attached hydrogen (secondary N) is 1. The number of nitrogens with zero attached hydrogens (tertiary/aromatic N) is 1. The molecule has 1 amide bonds. The highest BCUT2D eigenvalue weighted by Gasteiger charge is 2.10. The van der Waals surface area contributed by atoms with Crippen molar-refractivity contribution in [2.75, 3.05) is 26.7 Å². The number of hydrogen-bond donors (Lipinski definition) is 1. The van der Waals surface area contributed by atoms with Crippen LogP contribution in [-0.4, -0.2) is 32.6 Å². The van der Waals surface area contributed by atoms with Crippen LogP contribution in [-0.2, 0) is 20.9 Å². The van der Waals surface area contributed by atoms with E-state index in [-0.39, 0.29) is 19.4 Å². The Morgan fingerprint density at radius 3 is 2.00 bits per heavy atom. The van der Waals surface area contributed by atoms with Gasteiger partial charge < -0.3 is 19.5 Å². The van der Waals surface area contributed by atoms with Gasteiger partial charge in [-0.05, 0) is 18.9 Å². The standard InChI is InChI=1S/C27H48N2O4/c1-3-5-7-9-11-13-15-20-31-24-29-19-17-18-26(22-29)27(30)28-23-33-25-32-21-16-14-12-10-8-6-4-2/h17-19,22H,3-16,20-21,23-25H2,1-2H3/p+1. The molecule has 0 aliphatic carbocycles. The first-order valence-corrected chi connectivity index (χ1v) is 13.3. The third-order valence-corrected chi connectivity index (χ3v) is 5.65. The zero-order valence-electron chi connectivity index (χ0n) is 21.3. The Balaban J connectivity index is 2.03. The Morgan fingerprint density at radius 2 is 1.36 bits per heavy atom. The van der Waals surface area contributed by atoms with Gasteiger partial charge >= 0.3 is 0 Å². The van der Waals surface area contributed by atoms with Crippen LogP contribution in [0.3, 0.4) is 0 Å². The normalized spacial score (nSPS) is 11.1. The predicted octanol–water partition coefficient (Wildman–Crippen LogP) is 6.13. The highest BCUT2D eigenvalue weighted by molar-refractivity contribution is 5.93. The molecule has 1 rings (SSSR count). The van der Waals surface area contributed by atoms with Gasteiger partial charge in [-0.25, -0.2) is 0 Å². The van der Waals surface area contributed by atoms with Gasteiger partial charge in [-0.1, -0.05) is 90.9 Å². The van der Waals surface area contributed by atoms with E-state index in [0.29, 0.717) is 18.9 Å². The van der Waals surface area contributed by atoms with Crippen LogP contribution in [0.5, 0.6) is 0 Å². The molecule has 0 radical (unpaired) electrons. The summed E-state index contributed by atoms with van der Waals surface area (Å²) in [6.07, 6.45) is 21.5. The van der Waals surface area contributed by atoms with E-state index in [0.717, 1.165) is 19.4 Å². The SMILES string of the molecule is CCCCCCCCCOCOCNC(=O)c1ccc[n+](COCCCCCCCCC)c1. The van der Waals surface area contributed by atoms with Gasteiger partial charge in [0.1, 0.15) is 19.1 Å². The lowest BCUT2D eigenvalue weighted by Gasteiger charge is -2.07. The summed E-state index contributed by atoms with van der Waals surface area (Å²) in [5, 5.41) is 2.77. The Morgan fingerprint density at radius 1 is 0.788 bits per heavy atom. The Hall–Kier alpha value is -1.50. The van der Waals surface area contributed by atoms with Crippen molar-refractivity contribution >= 4 is 5.91 Å². The fourth-order valence-corrected chi connectivity index (χ4v) is 3.61. The number of aromatic nitrogens is 1. The molecule has 190 valence electrons. The van der Waals surface area contributed by atoms with Gasteiger partial charge in [0, 0.05) is 12.7 Å². The third-order valence-electron chi connectivity index (χ3n) is 5.65. The quantitative estimate of drug-likeness (QED) is 0.120. The van der Waals surface area contributed by atoms with Crippen LogP contribution in [0.4, 0.5) is 0 Å². The molecule has 0 unspecified atom stereocenters. The molecule has 1 heterocycles. The highest BCUT2D eigenvalue weighted by Crippen LogP contribution is 2.07. The minimum absolute atomic E-state index is 0.138. The number of amides is 1. The van der Waals surface area contributed by atoms with Gasteiger partial charge in [0.15, 0.2) is 12.4 Å². The monoisotopic (exact) mass is 465 g/mol.